The molecule has 5 unspecified atom stereocenters. The van der Waals surface area contributed by atoms with E-state index in [-0.39, 0.29) is 35.1 Å². The summed E-state index contributed by atoms with van der Waals surface area (Å²) in [6.07, 6.45) is 16.1. The fourth-order valence-corrected chi connectivity index (χ4v) is 7.75. The van der Waals surface area contributed by atoms with Crippen LogP contribution in [0.5, 0.6) is 0 Å². The summed E-state index contributed by atoms with van der Waals surface area (Å²) in [4.78, 5) is 65.8. The SMILES string of the molecule is C=C(N)C(=O)C(CC1CCC12CC2)NC(=O)C1CCCN1C(=O)[C@H](C1CCCCC1)N1CC1C(=O)Nc1cnccn1. The Bertz CT molecular complexity index is 1230. The van der Waals surface area contributed by atoms with E-state index in [0.29, 0.717) is 49.5 Å². The van der Waals surface area contributed by atoms with Gasteiger partial charge in [0.25, 0.3) is 0 Å². The summed E-state index contributed by atoms with van der Waals surface area (Å²) in [5.74, 6) is 0.00981. The number of ketones is 1. The van der Waals surface area contributed by atoms with Crippen molar-refractivity contribution in [3.8, 4) is 0 Å². The number of anilines is 1. The van der Waals surface area contributed by atoms with E-state index in [1.165, 1.54) is 31.7 Å². The highest BCUT2D eigenvalue weighted by Gasteiger charge is 2.56. The Kier molecular flexibility index (Phi) is 8.04. The van der Waals surface area contributed by atoms with E-state index in [2.05, 4.69) is 27.2 Å². The zero-order valence-electron chi connectivity index (χ0n) is 24.3. The van der Waals surface area contributed by atoms with Crippen LogP contribution in [-0.4, -0.2) is 80.5 Å². The van der Waals surface area contributed by atoms with Gasteiger partial charge in [-0.25, -0.2) is 4.98 Å². The molecule has 5 aliphatic rings. The fraction of sp³-hybridized carbons (Fsp3) is 0.677. The molecule has 11 nitrogen and oxygen atoms in total. The third kappa shape index (κ3) is 5.80. The first-order chi connectivity index (χ1) is 20.3. The second kappa shape index (κ2) is 11.7. The maximum absolute atomic E-state index is 14.3. The molecule has 1 aromatic heterocycles. The summed E-state index contributed by atoms with van der Waals surface area (Å²) in [5, 5.41) is 5.80. The molecule has 3 saturated carbocycles. The number of hydrogen-bond donors (Lipinski definition) is 3. The highest BCUT2D eigenvalue weighted by molar-refractivity contribution is 6.01. The van der Waals surface area contributed by atoms with E-state index in [0.717, 1.165) is 38.5 Å². The number of Topliss-reactive ketones (excluding diaryl/α,β-unsaturated/α-hetero) is 1. The normalized spacial score (nSPS) is 29.2. The second-order valence-corrected chi connectivity index (χ2v) is 13.1. The molecule has 3 heterocycles. The molecule has 42 heavy (non-hydrogen) atoms. The van der Waals surface area contributed by atoms with Gasteiger partial charge in [0.05, 0.1) is 24.0 Å². The number of likely N-dealkylation sites (tertiary alicyclic amines) is 1. The van der Waals surface area contributed by atoms with Crippen molar-refractivity contribution in [3.63, 3.8) is 0 Å². The molecule has 5 fully saturated rings. The number of amides is 3. The summed E-state index contributed by atoms with van der Waals surface area (Å²) in [6.45, 7) is 4.62. The standard InChI is InChI=1S/C31H43N7O4/c1-19(32)27(39)22(16-21-9-10-31(21)11-12-31)35-28(40)23-8-5-15-37(23)30(42)26(20-6-3-2-4-7-20)38-18-24(38)29(41)36-25-17-33-13-14-34-25/h13-14,17,20-24,26H,1-12,15-16,18,32H2,(H,35,40)(H,34,36,41)/t21?,22?,23?,24?,26-,38?/m0/s1. The molecule has 4 N–H and O–H groups in total. The largest absolute Gasteiger partial charge is 0.396 e. The molecular formula is C31H43N7O4. The maximum atomic E-state index is 14.3. The minimum absolute atomic E-state index is 0.0477. The predicted molar refractivity (Wildman–Crippen MR) is 156 cm³/mol. The summed E-state index contributed by atoms with van der Waals surface area (Å²) >= 11 is 0. The predicted octanol–water partition coefficient (Wildman–Crippen LogP) is 2.15. The molecule has 0 aromatic carbocycles. The van der Waals surface area contributed by atoms with Crippen LogP contribution >= 0.6 is 0 Å². The van der Waals surface area contributed by atoms with Gasteiger partial charge in [0.1, 0.15) is 12.1 Å². The van der Waals surface area contributed by atoms with E-state index in [9.17, 15) is 19.2 Å². The number of rotatable bonds is 11. The average Bonchev–Trinajstić information content (AvgIpc) is 3.91. The Morgan fingerprint density at radius 1 is 1.00 bits per heavy atom. The van der Waals surface area contributed by atoms with Crippen molar-refractivity contribution in [2.45, 2.75) is 101 Å². The van der Waals surface area contributed by atoms with Crippen molar-refractivity contribution in [2.75, 3.05) is 18.4 Å². The van der Waals surface area contributed by atoms with E-state index in [1.807, 2.05) is 4.90 Å². The lowest BCUT2D eigenvalue weighted by atomic mass is 9.67. The van der Waals surface area contributed by atoms with Crippen LogP contribution in [0.4, 0.5) is 5.82 Å². The summed E-state index contributed by atoms with van der Waals surface area (Å²) < 4.78 is 0. The first-order valence-electron chi connectivity index (χ1n) is 15.7. The molecule has 2 saturated heterocycles. The second-order valence-electron chi connectivity index (χ2n) is 13.1. The Morgan fingerprint density at radius 3 is 2.43 bits per heavy atom. The first-order valence-corrected chi connectivity index (χ1v) is 15.7. The molecular weight excluding hydrogens is 534 g/mol. The number of nitrogens with two attached hydrogens (primary N) is 1. The number of hydrogen-bond acceptors (Lipinski definition) is 8. The van der Waals surface area contributed by atoms with Gasteiger partial charge in [0.15, 0.2) is 11.6 Å². The van der Waals surface area contributed by atoms with Crippen LogP contribution in [0.3, 0.4) is 0 Å². The van der Waals surface area contributed by atoms with Crippen molar-refractivity contribution >= 4 is 29.3 Å². The molecule has 0 radical (unpaired) electrons. The molecule has 6 atom stereocenters. The van der Waals surface area contributed by atoms with E-state index >= 15 is 0 Å². The van der Waals surface area contributed by atoms with Gasteiger partial charge < -0.3 is 21.3 Å². The van der Waals surface area contributed by atoms with Gasteiger partial charge >= 0.3 is 0 Å². The third-order valence-corrected chi connectivity index (χ3v) is 10.5. The molecule has 1 spiro atoms. The Morgan fingerprint density at radius 2 is 1.79 bits per heavy atom. The molecule has 1 aromatic rings. The van der Waals surface area contributed by atoms with Gasteiger partial charge in [-0.2, -0.15) is 0 Å². The average molecular weight is 578 g/mol. The Balaban J connectivity index is 1.15. The maximum Gasteiger partial charge on any atom is 0.244 e. The van der Waals surface area contributed by atoms with Crippen LogP contribution in [0.15, 0.2) is 30.9 Å². The zero-order chi connectivity index (χ0) is 29.4. The van der Waals surface area contributed by atoms with Gasteiger partial charge in [-0.1, -0.05) is 25.8 Å². The molecule has 3 amide bonds. The van der Waals surface area contributed by atoms with Crippen LogP contribution in [0, 0.1) is 17.3 Å². The first kappa shape index (κ1) is 28.8. The highest BCUT2D eigenvalue weighted by Crippen LogP contribution is 2.65. The number of carbonyl (C=O) groups excluding carboxylic acids is 4. The van der Waals surface area contributed by atoms with Crippen LogP contribution in [0.1, 0.15) is 77.0 Å². The minimum atomic E-state index is -0.717. The molecule has 2 aliphatic heterocycles. The molecule has 0 bridgehead atoms. The quantitative estimate of drug-likeness (QED) is 0.267. The third-order valence-electron chi connectivity index (χ3n) is 10.5. The number of nitrogens with zero attached hydrogens (tertiary/aromatic N) is 4. The smallest absolute Gasteiger partial charge is 0.244 e. The number of nitrogens with one attached hydrogen (secondary N) is 2. The van der Waals surface area contributed by atoms with Crippen molar-refractivity contribution in [1.29, 1.82) is 0 Å². The van der Waals surface area contributed by atoms with E-state index < -0.39 is 24.2 Å². The van der Waals surface area contributed by atoms with Crippen molar-refractivity contribution in [1.82, 2.24) is 25.1 Å². The monoisotopic (exact) mass is 577 g/mol. The van der Waals surface area contributed by atoms with Gasteiger partial charge in [-0.3, -0.25) is 29.1 Å². The van der Waals surface area contributed by atoms with E-state index in [4.69, 9.17) is 5.73 Å². The lowest BCUT2D eigenvalue weighted by Crippen LogP contribution is -2.56. The van der Waals surface area contributed by atoms with Gasteiger partial charge in [0, 0.05) is 25.5 Å². The topological polar surface area (TPSA) is 150 Å². The van der Waals surface area contributed by atoms with Crippen molar-refractivity contribution < 1.29 is 19.2 Å². The summed E-state index contributed by atoms with van der Waals surface area (Å²) in [6, 6.07) is -2.24. The fourth-order valence-electron chi connectivity index (χ4n) is 7.75. The lowest BCUT2D eigenvalue weighted by Gasteiger charge is -2.40. The lowest BCUT2D eigenvalue weighted by molar-refractivity contribution is -0.143. The highest BCUT2D eigenvalue weighted by atomic mass is 16.2. The Hall–Kier alpha value is -3.34. The molecule has 226 valence electrons. The van der Waals surface area contributed by atoms with Gasteiger partial charge in [-0.05, 0) is 75.0 Å². The minimum Gasteiger partial charge on any atom is -0.396 e. The van der Waals surface area contributed by atoms with Crippen LogP contribution < -0.4 is 16.4 Å². The van der Waals surface area contributed by atoms with Crippen LogP contribution in [-0.2, 0) is 19.2 Å². The van der Waals surface area contributed by atoms with Crippen molar-refractivity contribution in [2.24, 2.45) is 23.0 Å². The summed E-state index contributed by atoms with van der Waals surface area (Å²) in [5.41, 5.74) is 6.11. The molecule has 3 aliphatic carbocycles. The van der Waals surface area contributed by atoms with Crippen LogP contribution in [0.25, 0.3) is 0 Å². The van der Waals surface area contributed by atoms with Gasteiger partial charge in [-0.15, -0.1) is 0 Å². The zero-order valence-corrected chi connectivity index (χ0v) is 24.3. The molecule has 6 rings (SSSR count). The van der Waals surface area contributed by atoms with Crippen molar-refractivity contribution in [3.05, 3.63) is 30.9 Å². The number of aromatic nitrogens is 2. The van der Waals surface area contributed by atoms with Gasteiger partial charge in [0.2, 0.25) is 17.7 Å². The molecule has 11 heteroatoms. The van der Waals surface area contributed by atoms with E-state index in [1.54, 1.807) is 11.1 Å². The van der Waals surface area contributed by atoms with Crippen LogP contribution in [0.2, 0.25) is 0 Å². The number of carbonyl (C=O) groups is 4. The summed E-state index contributed by atoms with van der Waals surface area (Å²) in [7, 11) is 0. The Labute approximate surface area is 247 Å².